The average molecular weight is 261 g/mol. The van der Waals surface area contributed by atoms with Gasteiger partial charge in [-0.2, -0.15) is 0 Å². The van der Waals surface area contributed by atoms with E-state index in [2.05, 4.69) is 5.32 Å². The van der Waals surface area contributed by atoms with E-state index >= 15 is 0 Å². The van der Waals surface area contributed by atoms with Crippen molar-refractivity contribution in [2.45, 2.75) is 32.1 Å². The molecule has 0 atom stereocenters. The molecule has 0 saturated heterocycles. The molecule has 0 unspecified atom stereocenters. The van der Waals surface area contributed by atoms with Crippen LogP contribution < -0.4 is 5.32 Å². The number of benzene rings is 1. The molecule has 1 fully saturated rings. The van der Waals surface area contributed by atoms with E-state index in [0.717, 1.165) is 12.3 Å². The Balaban J connectivity index is 1.82. The maximum Gasteiger partial charge on any atom is 0.305 e. The second kappa shape index (κ2) is 6.36. The van der Waals surface area contributed by atoms with E-state index in [0.29, 0.717) is 5.56 Å². The Kier molecular flexibility index (Phi) is 4.55. The summed E-state index contributed by atoms with van der Waals surface area (Å²) in [6.07, 6.45) is 5.02. The minimum Gasteiger partial charge on any atom is -0.481 e. The molecule has 0 spiro atoms. The number of carbonyl (C=O) groups is 2. The monoisotopic (exact) mass is 261 g/mol. The Morgan fingerprint density at radius 3 is 2.42 bits per heavy atom. The molecular formula is C15H19NO3. The minimum absolute atomic E-state index is 0.0501. The smallest absolute Gasteiger partial charge is 0.305 e. The molecule has 1 aromatic rings. The third-order valence-corrected chi connectivity index (χ3v) is 3.59. The summed E-state index contributed by atoms with van der Waals surface area (Å²) in [5.41, 5.74) is 1.86. The zero-order chi connectivity index (χ0) is 13.7. The van der Waals surface area contributed by atoms with Crippen LogP contribution in [-0.2, 0) is 11.2 Å². The van der Waals surface area contributed by atoms with Gasteiger partial charge in [-0.3, -0.25) is 9.59 Å². The maximum absolute atomic E-state index is 11.7. The molecule has 0 aromatic heterocycles. The van der Waals surface area contributed by atoms with Gasteiger partial charge in [0.15, 0.2) is 0 Å². The van der Waals surface area contributed by atoms with E-state index in [1.165, 1.54) is 24.8 Å². The van der Waals surface area contributed by atoms with Crippen molar-refractivity contribution in [2.24, 2.45) is 5.92 Å². The predicted octanol–water partition coefficient (Wildman–Crippen LogP) is 2.23. The molecule has 4 nitrogen and oxygen atoms in total. The van der Waals surface area contributed by atoms with Crippen LogP contribution in [0.1, 0.15) is 41.6 Å². The van der Waals surface area contributed by atoms with Gasteiger partial charge in [-0.05, 0) is 30.0 Å². The standard InChI is InChI=1S/C15H19NO3/c17-14(18)8-9-16-15(19)13-6-4-12(5-7-13)10-11-2-1-3-11/h4-7,11H,1-3,8-10H2,(H,16,19)(H,17,18). The molecule has 0 bridgehead atoms. The van der Waals surface area contributed by atoms with E-state index in [4.69, 9.17) is 5.11 Å². The first-order valence-corrected chi connectivity index (χ1v) is 6.74. The maximum atomic E-state index is 11.7. The third kappa shape index (κ3) is 4.09. The SMILES string of the molecule is O=C(O)CCNC(=O)c1ccc(CC2CCC2)cc1. The topological polar surface area (TPSA) is 66.4 Å². The molecule has 1 saturated carbocycles. The molecule has 1 aliphatic carbocycles. The van der Waals surface area contributed by atoms with Gasteiger partial charge in [0, 0.05) is 12.1 Å². The summed E-state index contributed by atoms with van der Waals surface area (Å²) in [4.78, 5) is 22.1. The van der Waals surface area contributed by atoms with E-state index in [-0.39, 0.29) is 18.9 Å². The Morgan fingerprint density at radius 1 is 1.21 bits per heavy atom. The van der Waals surface area contributed by atoms with Gasteiger partial charge in [0.1, 0.15) is 0 Å². The lowest BCUT2D eigenvalue weighted by Crippen LogP contribution is -2.25. The van der Waals surface area contributed by atoms with Crippen LogP contribution >= 0.6 is 0 Å². The van der Waals surface area contributed by atoms with Crippen molar-refractivity contribution in [3.8, 4) is 0 Å². The fourth-order valence-corrected chi connectivity index (χ4v) is 2.21. The first kappa shape index (κ1) is 13.6. The summed E-state index contributed by atoms with van der Waals surface area (Å²) in [7, 11) is 0. The Bertz CT molecular complexity index is 449. The zero-order valence-corrected chi connectivity index (χ0v) is 10.9. The summed E-state index contributed by atoms with van der Waals surface area (Å²) >= 11 is 0. The van der Waals surface area contributed by atoms with Crippen molar-refractivity contribution in [2.75, 3.05) is 6.54 Å². The average Bonchev–Trinajstić information content (AvgIpc) is 2.34. The van der Waals surface area contributed by atoms with Gasteiger partial charge < -0.3 is 10.4 Å². The molecule has 2 rings (SSSR count). The first-order chi connectivity index (χ1) is 9.15. The van der Waals surface area contributed by atoms with Gasteiger partial charge >= 0.3 is 5.97 Å². The van der Waals surface area contributed by atoms with Crippen LogP contribution in [0.3, 0.4) is 0 Å². The summed E-state index contributed by atoms with van der Waals surface area (Å²) in [6.45, 7) is 0.165. The first-order valence-electron chi connectivity index (χ1n) is 6.74. The highest BCUT2D eigenvalue weighted by Gasteiger charge is 2.17. The van der Waals surface area contributed by atoms with E-state index in [9.17, 15) is 9.59 Å². The van der Waals surface area contributed by atoms with Gasteiger partial charge in [-0.1, -0.05) is 31.4 Å². The molecule has 0 aliphatic heterocycles. The van der Waals surface area contributed by atoms with Crippen LogP contribution in [0.25, 0.3) is 0 Å². The number of carboxylic acid groups (broad SMARTS) is 1. The molecule has 102 valence electrons. The summed E-state index contributed by atoms with van der Waals surface area (Å²) in [5.74, 6) is -0.303. The highest BCUT2D eigenvalue weighted by Crippen LogP contribution is 2.29. The van der Waals surface area contributed by atoms with Crippen LogP contribution in [0.5, 0.6) is 0 Å². The number of carboxylic acids is 1. The fourth-order valence-electron chi connectivity index (χ4n) is 2.21. The number of hydrogen-bond acceptors (Lipinski definition) is 2. The van der Waals surface area contributed by atoms with Crippen molar-refractivity contribution in [3.05, 3.63) is 35.4 Å². The molecule has 1 aromatic carbocycles. The quantitative estimate of drug-likeness (QED) is 0.825. The lowest BCUT2D eigenvalue weighted by atomic mass is 9.81. The van der Waals surface area contributed by atoms with Crippen molar-refractivity contribution in [1.82, 2.24) is 5.32 Å². The third-order valence-electron chi connectivity index (χ3n) is 3.59. The molecule has 19 heavy (non-hydrogen) atoms. The molecular weight excluding hydrogens is 242 g/mol. The number of aliphatic carboxylic acids is 1. The molecule has 1 aliphatic rings. The van der Waals surface area contributed by atoms with E-state index < -0.39 is 5.97 Å². The van der Waals surface area contributed by atoms with Crippen molar-refractivity contribution in [3.63, 3.8) is 0 Å². The molecule has 2 N–H and O–H groups in total. The van der Waals surface area contributed by atoms with Gasteiger partial charge in [0.2, 0.25) is 0 Å². The van der Waals surface area contributed by atoms with Gasteiger partial charge in [-0.25, -0.2) is 0 Å². The van der Waals surface area contributed by atoms with Crippen molar-refractivity contribution in [1.29, 1.82) is 0 Å². The largest absolute Gasteiger partial charge is 0.481 e. The number of nitrogens with one attached hydrogen (secondary N) is 1. The van der Waals surface area contributed by atoms with Crippen LogP contribution in [0.4, 0.5) is 0 Å². The number of rotatable bonds is 6. The highest BCUT2D eigenvalue weighted by atomic mass is 16.4. The molecule has 0 radical (unpaired) electrons. The summed E-state index contributed by atoms with van der Waals surface area (Å²) in [6, 6.07) is 7.60. The van der Waals surface area contributed by atoms with Gasteiger partial charge in [-0.15, -0.1) is 0 Å². The number of carbonyl (C=O) groups excluding carboxylic acids is 1. The Hall–Kier alpha value is -1.84. The van der Waals surface area contributed by atoms with Crippen molar-refractivity contribution >= 4 is 11.9 Å². The van der Waals surface area contributed by atoms with E-state index in [1.54, 1.807) is 0 Å². The predicted molar refractivity (Wildman–Crippen MR) is 72.1 cm³/mol. The summed E-state index contributed by atoms with van der Waals surface area (Å²) < 4.78 is 0. The van der Waals surface area contributed by atoms with Crippen LogP contribution in [0.15, 0.2) is 24.3 Å². The molecule has 4 heteroatoms. The Morgan fingerprint density at radius 2 is 1.89 bits per heavy atom. The second-order valence-electron chi connectivity index (χ2n) is 5.10. The lowest BCUT2D eigenvalue weighted by Gasteiger charge is -2.25. The normalized spacial score (nSPS) is 14.7. The van der Waals surface area contributed by atoms with E-state index in [1.807, 2.05) is 24.3 Å². The second-order valence-corrected chi connectivity index (χ2v) is 5.10. The van der Waals surface area contributed by atoms with Crippen LogP contribution in [0, 0.1) is 5.92 Å². The van der Waals surface area contributed by atoms with Crippen LogP contribution in [-0.4, -0.2) is 23.5 Å². The molecule has 1 amide bonds. The molecule has 0 heterocycles. The van der Waals surface area contributed by atoms with Gasteiger partial charge in [0.25, 0.3) is 5.91 Å². The zero-order valence-electron chi connectivity index (χ0n) is 10.9. The lowest BCUT2D eigenvalue weighted by molar-refractivity contribution is -0.136. The van der Waals surface area contributed by atoms with Crippen molar-refractivity contribution < 1.29 is 14.7 Å². The van der Waals surface area contributed by atoms with Crippen LogP contribution in [0.2, 0.25) is 0 Å². The fraction of sp³-hybridized carbons (Fsp3) is 0.467. The van der Waals surface area contributed by atoms with Gasteiger partial charge in [0.05, 0.1) is 6.42 Å². The minimum atomic E-state index is -0.906. The highest BCUT2D eigenvalue weighted by molar-refractivity contribution is 5.94. The Labute approximate surface area is 112 Å². The number of amides is 1. The summed E-state index contributed by atoms with van der Waals surface area (Å²) in [5, 5.41) is 11.1. The number of hydrogen-bond donors (Lipinski definition) is 2.